The zero-order chi connectivity index (χ0) is 14.5. The highest BCUT2D eigenvalue weighted by atomic mass is 16.2. The van der Waals surface area contributed by atoms with E-state index in [1.165, 1.54) is 6.92 Å². The van der Waals surface area contributed by atoms with Crippen molar-refractivity contribution in [3.05, 3.63) is 35.4 Å². The van der Waals surface area contributed by atoms with Crippen LogP contribution in [0.1, 0.15) is 29.8 Å². The van der Waals surface area contributed by atoms with Crippen molar-refractivity contribution >= 4 is 11.8 Å². The fraction of sp³-hybridized carbons (Fsp3) is 0.467. The molecule has 1 aliphatic heterocycles. The van der Waals surface area contributed by atoms with E-state index in [0.717, 1.165) is 25.2 Å². The molecule has 1 unspecified atom stereocenters. The van der Waals surface area contributed by atoms with Crippen molar-refractivity contribution in [3.63, 3.8) is 0 Å². The van der Waals surface area contributed by atoms with Gasteiger partial charge in [-0.2, -0.15) is 0 Å². The third kappa shape index (κ3) is 3.57. The Kier molecular flexibility index (Phi) is 4.74. The lowest BCUT2D eigenvalue weighted by atomic mass is 10.1. The van der Waals surface area contributed by atoms with Crippen LogP contribution in [0.15, 0.2) is 24.3 Å². The fourth-order valence-corrected chi connectivity index (χ4v) is 2.30. The number of nitrogens with zero attached hydrogens (tertiary/aromatic N) is 1. The molecule has 2 amide bonds. The van der Waals surface area contributed by atoms with Gasteiger partial charge in [0.15, 0.2) is 0 Å². The summed E-state index contributed by atoms with van der Waals surface area (Å²) < 4.78 is 0. The van der Waals surface area contributed by atoms with Crippen LogP contribution in [-0.4, -0.2) is 42.4 Å². The highest BCUT2D eigenvalue weighted by molar-refractivity contribution is 5.94. The van der Waals surface area contributed by atoms with Crippen LogP contribution in [0, 0.1) is 0 Å². The molecule has 1 fully saturated rings. The molecule has 1 aliphatic rings. The van der Waals surface area contributed by atoms with Crippen molar-refractivity contribution in [2.45, 2.75) is 26.4 Å². The molecule has 1 atom stereocenters. The van der Waals surface area contributed by atoms with Gasteiger partial charge in [-0.05, 0) is 24.6 Å². The molecular formula is C15H21N3O2. The molecule has 2 N–H and O–H groups in total. The molecule has 108 valence electrons. The quantitative estimate of drug-likeness (QED) is 0.856. The average Bonchev–Trinajstić information content (AvgIpc) is 2.45. The molecule has 1 heterocycles. The first-order chi connectivity index (χ1) is 9.58. The topological polar surface area (TPSA) is 61.4 Å². The van der Waals surface area contributed by atoms with Crippen LogP contribution in [0.25, 0.3) is 0 Å². The standard InChI is InChI=1S/C15H21N3O2/c1-11-9-16-7-8-18(11)15(20)14-5-3-13(4-6-14)10-17-12(2)19/h3-6,11,16H,7-10H2,1-2H3,(H,17,19). The average molecular weight is 275 g/mol. The molecule has 2 rings (SSSR count). The van der Waals surface area contributed by atoms with Gasteiger partial charge in [0.25, 0.3) is 5.91 Å². The normalized spacial score (nSPS) is 18.7. The van der Waals surface area contributed by atoms with Gasteiger partial charge >= 0.3 is 0 Å². The van der Waals surface area contributed by atoms with E-state index >= 15 is 0 Å². The summed E-state index contributed by atoms with van der Waals surface area (Å²) in [7, 11) is 0. The predicted molar refractivity (Wildman–Crippen MR) is 77.3 cm³/mol. The van der Waals surface area contributed by atoms with Crippen molar-refractivity contribution in [1.29, 1.82) is 0 Å². The van der Waals surface area contributed by atoms with Crippen LogP contribution in [-0.2, 0) is 11.3 Å². The van der Waals surface area contributed by atoms with Crippen molar-refractivity contribution in [2.75, 3.05) is 19.6 Å². The van der Waals surface area contributed by atoms with E-state index in [0.29, 0.717) is 12.1 Å². The molecule has 5 nitrogen and oxygen atoms in total. The Morgan fingerprint density at radius 3 is 2.65 bits per heavy atom. The Morgan fingerprint density at radius 1 is 1.35 bits per heavy atom. The molecule has 0 radical (unpaired) electrons. The van der Waals surface area contributed by atoms with Crippen molar-refractivity contribution < 1.29 is 9.59 Å². The van der Waals surface area contributed by atoms with Gasteiger partial charge in [0.2, 0.25) is 5.91 Å². The monoisotopic (exact) mass is 275 g/mol. The van der Waals surface area contributed by atoms with Crippen LogP contribution in [0.2, 0.25) is 0 Å². The van der Waals surface area contributed by atoms with Gasteiger partial charge in [-0.15, -0.1) is 0 Å². The van der Waals surface area contributed by atoms with Crippen molar-refractivity contribution in [1.82, 2.24) is 15.5 Å². The zero-order valence-electron chi connectivity index (χ0n) is 12.0. The number of rotatable bonds is 3. The molecule has 1 aromatic rings. The zero-order valence-corrected chi connectivity index (χ0v) is 12.0. The molecule has 0 bridgehead atoms. The van der Waals surface area contributed by atoms with Gasteiger partial charge in [-0.3, -0.25) is 9.59 Å². The van der Waals surface area contributed by atoms with Gasteiger partial charge < -0.3 is 15.5 Å². The number of hydrogen-bond donors (Lipinski definition) is 2. The molecule has 0 aliphatic carbocycles. The molecular weight excluding hydrogens is 254 g/mol. The summed E-state index contributed by atoms with van der Waals surface area (Å²) in [5, 5.41) is 6.01. The Balaban J connectivity index is 2.01. The van der Waals surface area contributed by atoms with E-state index in [4.69, 9.17) is 0 Å². The number of carbonyl (C=O) groups excluding carboxylic acids is 2. The summed E-state index contributed by atoms with van der Waals surface area (Å²) in [4.78, 5) is 25.2. The Hall–Kier alpha value is -1.88. The lowest BCUT2D eigenvalue weighted by Crippen LogP contribution is -2.52. The predicted octanol–water partition coefficient (Wildman–Crippen LogP) is 0.757. The lowest BCUT2D eigenvalue weighted by Gasteiger charge is -2.34. The summed E-state index contributed by atoms with van der Waals surface area (Å²) in [6.45, 7) is 6.46. The number of carbonyl (C=O) groups is 2. The van der Waals surface area contributed by atoms with Crippen LogP contribution in [0.4, 0.5) is 0 Å². The summed E-state index contributed by atoms with van der Waals surface area (Å²) in [6, 6.07) is 7.64. The van der Waals surface area contributed by atoms with E-state index in [1.54, 1.807) is 0 Å². The number of hydrogen-bond acceptors (Lipinski definition) is 3. The van der Waals surface area contributed by atoms with Crippen molar-refractivity contribution in [2.24, 2.45) is 0 Å². The highest BCUT2D eigenvalue weighted by Gasteiger charge is 2.23. The van der Waals surface area contributed by atoms with Crippen LogP contribution in [0.5, 0.6) is 0 Å². The van der Waals surface area contributed by atoms with E-state index in [9.17, 15) is 9.59 Å². The van der Waals surface area contributed by atoms with Gasteiger partial charge in [-0.25, -0.2) is 0 Å². The van der Waals surface area contributed by atoms with E-state index in [2.05, 4.69) is 17.6 Å². The molecule has 0 aromatic heterocycles. The first-order valence-corrected chi connectivity index (χ1v) is 6.93. The Labute approximate surface area is 119 Å². The fourth-order valence-electron chi connectivity index (χ4n) is 2.30. The summed E-state index contributed by atoms with van der Waals surface area (Å²) in [6.07, 6.45) is 0. The first-order valence-electron chi connectivity index (χ1n) is 6.93. The van der Waals surface area contributed by atoms with Gasteiger partial charge in [-0.1, -0.05) is 12.1 Å². The molecule has 1 aromatic carbocycles. The maximum absolute atomic E-state index is 12.4. The second-order valence-electron chi connectivity index (χ2n) is 5.16. The number of piperazine rings is 1. The minimum Gasteiger partial charge on any atom is -0.352 e. The SMILES string of the molecule is CC(=O)NCc1ccc(C(=O)N2CCNCC2C)cc1. The summed E-state index contributed by atoms with van der Waals surface area (Å²) in [5.74, 6) is 0.0184. The Bertz CT molecular complexity index is 484. The third-order valence-corrected chi connectivity index (χ3v) is 3.50. The summed E-state index contributed by atoms with van der Waals surface area (Å²) in [5.41, 5.74) is 1.69. The Morgan fingerprint density at radius 2 is 2.05 bits per heavy atom. The third-order valence-electron chi connectivity index (χ3n) is 3.50. The minimum absolute atomic E-state index is 0.0557. The number of benzene rings is 1. The summed E-state index contributed by atoms with van der Waals surface area (Å²) >= 11 is 0. The van der Waals surface area contributed by atoms with E-state index < -0.39 is 0 Å². The molecule has 5 heteroatoms. The molecule has 0 spiro atoms. The van der Waals surface area contributed by atoms with Crippen LogP contribution in [0.3, 0.4) is 0 Å². The van der Waals surface area contributed by atoms with Gasteiger partial charge in [0.05, 0.1) is 0 Å². The molecule has 0 saturated carbocycles. The van der Waals surface area contributed by atoms with E-state index in [1.807, 2.05) is 29.2 Å². The minimum atomic E-state index is -0.0557. The number of nitrogens with one attached hydrogen (secondary N) is 2. The maximum Gasteiger partial charge on any atom is 0.254 e. The van der Waals surface area contributed by atoms with Crippen molar-refractivity contribution in [3.8, 4) is 0 Å². The van der Waals surface area contributed by atoms with Crippen LogP contribution >= 0.6 is 0 Å². The van der Waals surface area contributed by atoms with Gasteiger partial charge in [0.1, 0.15) is 0 Å². The van der Waals surface area contributed by atoms with Crippen LogP contribution < -0.4 is 10.6 Å². The number of amides is 2. The molecule has 1 saturated heterocycles. The second kappa shape index (κ2) is 6.52. The highest BCUT2D eigenvalue weighted by Crippen LogP contribution is 2.11. The lowest BCUT2D eigenvalue weighted by molar-refractivity contribution is -0.119. The molecule has 20 heavy (non-hydrogen) atoms. The van der Waals surface area contributed by atoms with Gasteiger partial charge in [0, 0.05) is 44.7 Å². The largest absolute Gasteiger partial charge is 0.352 e. The van der Waals surface area contributed by atoms with E-state index in [-0.39, 0.29) is 17.9 Å². The maximum atomic E-state index is 12.4. The second-order valence-corrected chi connectivity index (χ2v) is 5.16. The smallest absolute Gasteiger partial charge is 0.254 e. The first kappa shape index (κ1) is 14.5.